The molecule has 2 aromatic rings. The van der Waals surface area contributed by atoms with Crippen molar-refractivity contribution in [1.29, 1.82) is 0 Å². The summed E-state index contributed by atoms with van der Waals surface area (Å²) in [6.45, 7) is 10.5. The molecule has 0 aliphatic carbocycles. The molecule has 0 radical (unpaired) electrons. The van der Waals surface area contributed by atoms with Gasteiger partial charge in [-0.2, -0.15) is 0 Å². The summed E-state index contributed by atoms with van der Waals surface area (Å²) in [5, 5.41) is 6.83. The molecule has 1 aliphatic heterocycles. The smallest absolute Gasteiger partial charge is 0.191 e. The minimum Gasteiger partial charge on any atom is -0.355 e. The second-order valence-electron chi connectivity index (χ2n) is 6.97. The molecule has 0 unspecified atom stereocenters. The highest BCUT2D eigenvalue weighted by molar-refractivity contribution is 14.0. The van der Waals surface area contributed by atoms with Crippen molar-refractivity contribution in [2.24, 2.45) is 4.99 Å². The summed E-state index contributed by atoms with van der Waals surface area (Å²) in [6.07, 6.45) is 0. The molecule has 1 saturated heterocycles. The number of thiophene rings is 1. The molecular formula is C21H32IN5S. The number of hydrogen-bond acceptors (Lipinski definition) is 4. The Hall–Kier alpha value is -1.16. The number of hydrogen-bond donors (Lipinski definition) is 2. The lowest BCUT2D eigenvalue weighted by atomic mass is 10.2. The van der Waals surface area contributed by atoms with Gasteiger partial charge in [0.15, 0.2) is 5.96 Å². The zero-order valence-electron chi connectivity index (χ0n) is 16.9. The molecule has 154 valence electrons. The molecule has 1 aliphatic rings. The number of guanidine groups is 1. The van der Waals surface area contributed by atoms with Gasteiger partial charge in [-0.25, -0.2) is 0 Å². The van der Waals surface area contributed by atoms with Crippen molar-refractivity contribution < 1.29 is 0 Å². The number of aryl methyl sites for hydroxylation is 1. The first-order chi connectivity index (χ1) is 13.2. The van der Waals surface area contributed by atoms with Gasteiger partial charge in [-0.15, -0.1) is 35.3 Å². The largest absolute Gasteiger partial charge is 0.355 e. The van der Waals surface area contributed by atoms with Gasteiger partial charge in [-0.1, -0.05) is 30.3 Å². The van der Waals surface area contributed by atoms with Crippen molar-refractivity contribution in [3.8, 4) is 0 Å². The third-order valence-corrected chi connectivity index (χ3v) is 5.88. The van der Waals surface area contributed by atoms with Gasteiger partial charge in [0.25, 0.3) is 0 Å². The quantitative estimate of drug-likeness (QED) is 0.339. The highest BCUT2D eigenvalue weighted by atomic mass is 127. The average molecular weight is 513 g/mol. The Bertz CT molecular complexity index is 711. The molecule has 0 atom stereocenters. The summed E-state index contributed by atoms with van der Waals surface area (Å²) in [7, 11) is 1.83. The van der Waals surface area contributed by atoms with Gasteiger partial charge >= 0.3 is 0 Å². The van der Waals surface area contributed by atoms with Crippen molar-refractivity contribution in [1.82, 2.24) is 20.4 Å². The van der Waals surface area contributed by atoms with E-state index in [1.165, 1.54) is 15.3 Å². The number of piperazine rings is 1. The monoisotopic (exact) mass is 513 g/mol. The molecule has 7 heteroatoms. The van der Waals surface area contributed by atoms with Crippen LogP contribution >= 0.6 is 35.3 Å². The predicted molar refractivity (Wildman–Crippen MR) is 131 cm³/mol. The molecule has 2 N–H and O–H groups in total. The van der Waals surface area contributed by atoms with E-state index in [4.69, 9.17) is 0 Å². The van der Waals surface area contributed by atoms with Crippen LogP contribution in [0, 0.1) is 6.92 Å². The summed E-state index contributed by atoms with van der Waals surface area (Å²) in [6, 6.07) is 15.1. The lowest BCUT2D eigenvalue weighted by molar-refractivity contribution is 0.129. The van der Waals surface area contributed by atoms with Gasteiger partial charge in [0.2, 0.25) is 0 Å². The SMILES string of the molecule is CN=C(NCCN1CCN(Cc2ccccc2)CC1)NCc1ccc(C)s1.I. The van der Waals surface area contributed by atoms with Crippen LogP contribution in [0.25, 0.3) is 0 Å². The third kappa shape index (κ3) is 7.69. The maximum absolute atomic E-state index is 4.32. The van der Waals surface area contributed by atoms with Gasteiger partial charge in [0, 0.05) is 62.6 Å². The molecule has 1 fully saturated rings. The standard InChI is InChI=1S/C21H31N5S.HI/c1-18-8-9-20(27-18)16-24-21(22-2)23-10-11-25-12-14-26(15-13-25)17-19-6-4-3-5-7-19;/h3-9H,10-17H2,1-2H3,(H2,22,23,24);1H. The Morgan fingerprint density at radius 1 is 1.00 bits per heavy atom. The molecule has 1 aromatic carbocycles. The first-order valence-corrected chi connectivity index (χ1v) is 10.5. The molecule has 0 amide bonds. The molecule has 0 saturated carbocycles. The molecule has 28 heavy (non-hydrogen) atoms. The van der Waals surface area contributed by atoms with Gasteiger partial charge in [-0.3, -0.25) is 14.8 Å². The second-order valence-corrected chi connectivity index (χ2v) is 8.34. The maximum atomic E-state index is 4.32. The number of nitrogens with zero attached hydrogens (tertiary/aromatic N) is 3. The summed E-state index contributed by atoms with van der Waals surface area (Å²) in [4.78, 5) is 12.1. The van der Waals surface area contributed by atoms with Gasteiger partial charge < -0.3 is 10.6 Å². The fourth-order valence-corrected chi connectivity index (χ4v) is 4.15. The molecule has 0 bridgehead atoms. The van der Waals surface area contributed by atoms with Crippen LogP contribution in [0.4, 0.5) is 0 Å². The first kappa shape index (κ1) is 23.1. The van der Waals surface area contributed by atoms with Crippen LogP contribution in [0.5, 0.6) is 0 Å². The normalized spacial score (nSPS) is 15.9. The molecule has 5 nitrogen and oxygen atoms in total. The third-order valence-electron chi connectivity index (χ3n) is 4.88. The van der Waals surface area contributed by atoms with Crippen molar-refractivity contribution in [3.63, 3.8) is 0 Å². The number of benzene rings is 1. The molecule has 1 aromatic heterocycles. The molecule has 3 rings (SSSR count). The lowest BCUT2D eigenvalue weighted by Gasteiger charge is -2.34. The van der Waals surface area contributed by atoms with E-state index in [1.54, 1.807) is 0 Å². The van der Waals surface area contributed by atoms with E-state index in [0.717, 1.165) is 58.3 Å². The Labute approximate surface area is 190 Å². The van der Waals surface area contributed by atoms with Crippen LogP contribution in [-0.4, -0.2) is 62.1 Å². The zero-order valence-corrected chi connectivity index (χ0v) is 20.0. The highest BCUT2D eigenvalue weighted by Crippen LogP contribution is 2.14. The van der Waals surface area contributed by atoms with E-state index < -0.39 is 0 Å². The fourth-order valence-electron chi connectivity index (χ4n) is 3.32. The van der Waals surface area contributed by atoms with E-state index >= 15 is 0 Å². The minimum atomic E-state index is 0. The molecule has 2 heterocycles. The predicted octanol–water partition coefficient (Wildman–Crippen LogP) is 3.16. The van der Waals surface area contributed by atoms with Crippen LogP contribution < -0.4 is 10.6 Å². The maximum Gasteiger partial charge on any atom is 0.191 e. The first-order valence-electron chi connectivity index (χ1n) is 9.71. The van der Waals surface area contributed by atoms with Crippen LogP contribution in [0.2, 0.25) is 0 Å². The summed E-state index contributed by atoms with van der Waals surface area (Å²) in [5.74, 6) is 0.878. The van der Waals surface area contributed by atoms with Gasteiger partial charge in [0.1, 0.15) is 0 Å². The summed E-state index contributed by atoms with van der Waals surface area (Å²) in [5.41, 5.74) is 1.41. The van der Waals surface area contributed by atoms with Crippen LogP contribution in [0.3, 0.4) is 0 Å². The molecular weight excluding hydrogens is 481 g/mol. The van der Waals surface area contributed by atoms with Gasteiger partial charge in [-0.05, 0) is 24.6 Å². The summed E-state index contributed by atoms with van der Waals surface area (Å²) >= 11 is 1.83. The minimum absolute atomic E-state index is 0. The number of nitrogens with one attached hydrogen (secondary N) is 2. The van der Waals surface area contributed by atoms with Crippen molar-refractivity contribution in [2.45, 2.75) is 20.0 Å². The topological polar surface area (TPSA) is 42.9 Å². The van der Waals surface area contributed by atoms with E-state index in [2.05, 4.69) is 74.8 Å². The highest BCUT2D eigenvalue weighted by Gasteiger charge is 2.16. The van der Waals surface area contributed by atoms with E-state index in [9.17, 15) is 0 Å². The van der Waals surface area contributed by atoms with Crippen molar-refractivity contribution in [2.75, 3.05) is 46.3 Å². The van der Waals surface area contributed by atoms with Gasteiger partial charge in [0.05, 0.1) is 6.54 Å². The van der Waals surface area contributed by atoms with E-state index in [0.29, 0.717) is 0 Å². The average Bonchev–Trinajstić information content (AvgIpc) is 3.12. The number of rotatable bonds is 7. The zero-order chi connectivity index (χ0) is 18.9. The lowest BCUT2D eigenvalue weighted by Crippen LogP contribution is -2.48. The van der Waals surface area contributed by atoms with Crippen LogP contribution in [0.1, 0.15) is 15.3 Å². The van der Waals surface area contributed by atoms with E-state index in [1.807, 2.05) is 18.4 Å². The van der Waals surface area contributed by atoms with Crippen molar-refractivity contribution >= 4 is 41.3 Å². The Morgan fingerprint density at radius 2 is 1.71 bits per heavy atom. The molecule has 0 spiro atoms. The van der Waals surface area contributed by atoms with E-state index in [-0.39, 0.29) is 24.0 Å². The van der Waals surface area contributed by atoms with Crippen LogP contribution in [-0.2, 0) is 13.1 Å². The number of halogens is 1. The summed E-state index contributed by atoms with van der Waals surface area (Å²) < 4.78 is 0. The second kappa shape index (κ2) is 12.4. The number of aliphatic imine (C=N–C) groups is 1. The Morgan fingerprint density at radius 3 is 2.36 bits per heavy atom. The van der Waals surface area contributed by atoms with Crippen molar-refractivity contribution in [3.05, 3.63) is 57.8 Å². The fraction of sp³-hybridized carbons (Fsp3) is 0.476. The van der Waals surface area contributed by atoms with Crippen LogP contribution in [0.15, 0.2) is 47.5 Å². The Balaban J connectivity index is 0.00000280. The Kier molecular flexibility index (Phi) is 10.3.